The van der Waals surface area contributed by atoms with Gasteiger partial charge in [0.2, 0.25) is 5.91 Å². The van der Waals surface area contributed by atoms with Crippen LogP contribution < -0.4 is 10.6 Å². The Bertz CT molecular complexity index is 798. The monoisotopic (exact) mass is 416 g/mol. The van der Waals surface area contributed by atoms with E-state index in [2.05, 4.69) is 5.32 Å². The van der Waals surface area contributed by atoms with Crippen molar-refractivity contribution in [3.8, 4) is 0 Å². The van der Waals surface area contributed by atoms with Gasteiger partial charge in [0.25, 0.3) is 5.91 Å². The Kier molecular flexibility index (Phi) is 7.55. The van der Waals surface area contributed by atoms with Crippen molar-refractivity contribution in [3.05, 3.63) is 64.7 Å². The number of amides is 2. The van der Waals surface area contributed by atoms with E-state index in [0.717, 1.165) is 5.56 Å². The van der Waals surface area contributed by atoms with Crippen molar-refractivity contribution in [3.63, 3.8) is 0 Å². The van der Waals surface area contributed by atoms with Gasteiger partial charge in [0.1, 0.15) is 6.54 Å². The fourth-order valence-electron chi connectivity index (χ4n) is 2.09. The maximum atomic E-state index is 12.2. The zero-order valence-electron chi connectivity index (χ0n) is 14.0. The van der Waals surface area contributed by atoms with Crippen LogP contribution in [0.25, 0.3) is 0 Å². The van der Waals surface area contributed by atoms with Crippen molar-refractivity contribution >= 4 is 40.9 Å². The van der Waals surface area contributed by atoms with Gasteiger partial charge < -0.3 is 10.6 Å². The van der Waals surface area contributed by atoms with E-state index in [1.54, 1.807) is 23.5 Å². The van der Waals surface area contributed by atoms with Gasteiger partial charge in [-0.1, -0.05) is 35.9 Å². The smallest absolute Gasteiger partial charge is 0.343 e. The Labute approximate surface area is 163 Å². The Morgan fingerprint density at radius 2 is 1.70 bits per heavy atom. The molecule has 0 aliphatic heterocycles. The normalized spacial score (nSPS) is 11.1. The number of benzene rings is 2. The van der Waals surface area contributed by atoms with Crippen LogP contribution in [0.5, 0.6) is 0 Å². The molecule has 0 bridgehead atoms. The lowest BCUT2D eigenvalue weighted by Crippen LogP contribution is -2.34. The van der Waals surface area contributed by atoms with Crippen LogP contribution in [0.1, 0.15) is 15.9 Å². The summed E-state index contributed by atoms with van der Waals surface area (Å²) >= 11 is 7.17. The van der Waals surface area contributed by atoms with Gasteiger partial charge in [-0.25, -0.2) is 0 Å². The van der Waals surface area contributed by atoms with Crippen molar-refractivity contribution in [2.24, 2.45) is 0 Å². The van der Waals surface area contributed by atoms with Gasteiger partial charge in [0, 0.05) is 10.8 Å². The Morgan fingerprint density at radius 1 is 1.04 bits per heavy atom. The van der Waals surface area contributed by atoms with Gasteiger partial charge >= 0.3 is 6.18 Å². The summed E-state index contributed by atoms with van der Waals surface area (Å²) in [6, 6.07) is 13.1. The Hall–Kier alpha value is -2.19. The highest BCUT2D eigenvalue weighted by Crippen LogP contribution is 2.19. The number of alkyl halides is 3. The molecule has 2 amide bonds. The lowest BCUT2D eigenvalue weighted by molar-refractivity contribution is -0.123. The van der Waals surface area contributed by atoms with Crippen LogP contribution in [-0.2, 0) is 10.5 Å². The van der Waals surface area contributed by atoms with Crippen molar-refractivity contribution < 1.29 is 22.8 Å². The molecule has 0 aliphatic carbocycles. The predicted octanol–water partition coefficient (Wildman–Crippen LogP) is 4.50. The summed E-state index contributed by atoms with van der Waals surface area (Å²) < 4.78 is 36.7. The number of hydrogen-bond acceptors (Lipinski definition) is 3. The van der Waals surface area contributed by atoms with Crippen LogP contribution in [0.15, 0.2) is 48.5 Å². The summed E-state index contributed by atoms with van der Waals surface area (Å²) in [4.78, 5) is 24.0. The molecule has 2 N–H and O–H groups in total. The third-order valence-corrected chi connectivity index (χ3v) is 4.57. The molecule has 9 heteroatoms. The number of rotatable bonds is 7. The first-order valence-electron chi connectivity index (χ1n) is 7.80. The third kappa shape index (κ3) is 7.52. The first kappa shape index (κ1) is 21.1. The second-order valence-electron chi connectivity index (χ2n) is 5.51. The zero-order chi connectivity index (χ0) is 19.9. The van der Waals surface area contributed by atoms with Gasteiger partial charge in [-0.15, -0.1) is 11.8 Å². The largest absolute Gasteiger partial charge is 0.405 e. The topological polar surface area (TPSA) is 58.2 Å². The third-order valence-electron chi connectivity index (χ3n) is 3.31. The molecule has 0 radical (unpaired) electrons. The summed E-state index contributed by atoms with van der Waals surface area (Å²) in [5, 5.41) is 4.98. The number of hydrogen-bond donors (Lipinski definition) is 2. The number of thioether (sulfide) groups is 1. The first-order valence-corrected chi connectivity index (χ1v) is 9.34. The van der Waals surface area contributed by atoms with Gasteiger partial charge in [0.15, 0.2) is 0 Å². The number of halogens is 4. The second-order valence-corrected chi connectivity index (χ2v) is 6.93. The number of carbonyl (C=O) groups is 2. The Balaban J connectivity index is 1.89. The molecular weight excluding hydrogens is 401 g/mol. The standard InChI is InChI=1S/C18H16ClF3N2O2S/c19-13-7-5-12(6-8-13)9-27-10-16(25)24-15-4-2-1-3-14(15)17(26)23-11-18(20,21)22/h1-8H,9-11H2,(H,23,26)(H,24,25). The maximum absolute atomic E-state index is 12.2. The fraction of sp³-hybridized carbons (Fsp3) is 0.222. The maximum Gasteiger partial charge on any atom is 0.405 e. The minimum atomic E-state index is -4.51. The predicted molar refractivity (Wildman–Crippen MR) is 101 cm³/mol. The van der Waals surface area contributed by atoms with Gasteiger partial charge in [-0.05, 0) is 29.8 Å². The molecule has 0 aliphatic rings. The number of nitrogens with one attached hydrogen (secondary N) is 2. The molecular formula is C18H16ClF3N2O2S. The fourth-order valence-corrected chi connectivity index (χ4v) is 3.01. The molecule has 0 fully saturated rings. The van der Waals surface area contributed by atoms with Gasteiger partial charge in [-0.2, -0.15) is 13.2 Å². The van der Waals surface area contributed by atoms with E-state index in [-0.39, 0.29) is 22.9 Å². The second kappa shape index (κ2) is 9.66. The summed E-state index contributed by atoms with van der Waals surface area (Å²) in [5.41, 5.74) is 1.14. The van der Waals surface area contributed by atoms with Crippen LogP contribution in [-0.4, -0.2) is 30.3 Å². The van der Waals surface area contributed by atoms with Crippen LogP contribution >= 0.6 is 23.4 Å². The van der Waals surface area contributed by atoms with Crippen LogP contribution in [0.4, 0.5) is 18.9 Å². The molecule has 2 rings (SSSR count). The molecule has 0 unspecified atom stereocenters. The molecule has 0 spiro atoms. The lowest BCUT2D eigenvalue weighted by Gasteiger charge is -2.12. The van der Waals surface area contributed by atoms with Crippen molar-refractivity contribution in [1.29, 1.82) is 0 Å². The van der Waals surface area contributed by atoms with Gasteiger partial charge in [-0.3, -0.25) is 9.59 Å². The molecule has 0 aromatic heterocycles. The molecule has 0 saturated carbocycles. The minimum absolute atomic E-state index is 0.0298. The van der Waals surface area contributed by atoms with E-state index in [1.807, 2.05) is 12.1 Å². The van der Waals surface area contributed by atoms with E-state index in [1.165, 1.54) is 30.0 Å². The van der Waals surface area contributed by atoms with Crippen LogP contribution in [0, 0.1) is 0 Å². The van der Waals surface area contributed by atoms with E-state index in [4.69, 9.17) is 11.6 Å². The first-order chi connectivity index (χ1) is 12.7. The average Bonchev–Trinajstić information content (AvgIpc) is 2.61. The molecule has 4 nitrogen and oxygen atoms in total. The summed E-state index contributed by atoms with van der Waals surface area (Å²) in [6.45, 7) is -1.44. The van der Waals surface area contributed by atoms with E-state index in [0.29, 0.717) is 10.8 Å². The van der Waals surface area contributed by atoms with Crippen molar-refractivity contribution in [1.82, 2.24) is 5.32 Å². The SMILES string of the molecule is O=C(CSCc1ccc(Cl)cc1)Nc1ccccc1C(=O)NCC(F)(F)F. The summed E-state index contributed by atoms with van der Waals surface area (Å²) in [5.74, 6) is -0.540. The highest BCUT2D eigenvalue weighted by atomic mass is 35.5. The van der Waals surface area contributed by atoms with Crippen molar-refractivity contribution in [2.75, 3.05) is 17.6 Å². The van der Waals surface area contributed by atoms with Crippen LogP contribution in [0.3, 0.4) is 0 Å². The Morgan fingerprint density at radius 3 is 2.37 bits per heavy atom. The van der Waals surface area contributed by atoms with Crippen LogP contribution in [0.2, 0.25) is 5.02 Å². The molecule has 27 heavy (non-hydrogen) atoms. The molecule has 2 aromatic carbocycles. The van der Waals surface area contributed by atoms with E-state index < -0.39 is 18.6 Å². The summed E-state index contributed by atoms with van der Waals surface area (Å²) in [7, 11) is 0. The molecule has 0 saturated heterocycles. The van der Waals surface area contributed by atoms with Crippen molar-refractivity contribution in [2.45, 2.75) is 11.9 Å². The molecule has 0 atom stereocenters. The van der Waals surface area contributed by atoms with E-state index in [9.17, 15) is 22.8 Å². The number of para-hydroxylation sites is 1. The lowest BCUT2D eigenvalue weighted by atomic mass is 10.1. The summed E-state index contributed by atoms with van der Waals surface area (Å²) in [6.07, 6.45) is -4.51. The van der Waals surface area contributed by atoms with E-state index >= 15 is 0 Å². The van der Waals surface area contributed by atoms with Gasteiger partial charge in [0.05, 0.1) is 17.0 Å². The quantitative estimate of drug-likeness (QED) is 0.698. The molecule has 144 valence electrons. The molecule has 2 aromatic rings. The highest BCUT2D eigenvalue weighted by Gasteiger charge is 2.28. The minimum Gasteiger partial charge on any atom is -0.343 e. The average molecular weight is 417 g/mol. The highest BCUT2D eigenvalue weighted by molar-refractivity contribution is 7.99. The number of carbonyl (C=O) groups excluding carboxylic acids is 2. The zero-order valence-corrected chi connectivity index (χ0v) is 15.5. The number of anilines is 1. The molecule has 0 heterocycles.